The number of hydrogen-bond donors (Lipinski definition) is 1. The molecule has 0 saturated carbocycles. The summed E-state index contributed by atoms with van der Waals surface area (Å²) in [5, 5.41) is 13.6. The van der Waals surface area contributed by atoms with Gasteiger partial charge in [0.2, 0.25) is 11.4 Å². The standard InChI is InChI=1S/C23H14FN2O.C17H11N2O.C17H14N.2C11H8N.C5H8O2.3Ir/c1-14-5-10-19-18-3-2-4-20(22(18)27-23(19)26-14)21-13-16(11-12-25-21)15-6-8-17(24)9-7-15;1-11-8-9-13-12-5-4-6-14(15-7-2-3-10-18-15)16(12)20-17(13)19-11;1-12-8-9-15-13(2)11-16(18-17(15)10-12)14-6-4-3-5-7-14;2*1-2-6-10(7-3-1)11-8-4-5-9-12-11;1-4(6)3-5(2)7;;;/h2-3,5-13H,1H3;2-5,7-10H,1H3;3-6,8-11H,1-2H3;2*1-6,8-9H;3,6H,1-2H3;;;/q5*-1;;;;. The van der Waals surface area contributed by atoms with Gasteiger partial charge in [-0.05, 0) is 159 Å². The molecule has 9 aromatic heterocycles. The summed E-state index contributed by atoms with van der Waals surface area (Å²) in [6.45, 7) is 11.0. The third kappa shape index (κ3) is 19.7. The third-order valence-corrected chi connectivity index (χ3v) is 14.9. The second-order valence-corrected chi connectivity index (χ2v) is 22.2. The van der Waals surface area contributed by atoms with Crippen LogP contribution in [0.5, 0.6) is 0 Å². The molecule has 0 unspecified atom stereocenters. The number of fused-ring (bicyclic) bond motifs is 7. The van der Waals surface area contributed by atoms with E-state index < -0.39 is 0 Å². The zero-order chi connectivity index (χ0) is 66.8. The molecule has 0 saturated heterocycles. The van der Waals surface area contributed by atoms with Crippen molar-refractivity contribution >= 4 is 60.8 Å². The fourth-order valence-electron chi connectivity index (χ4n) is 10.4. The summed E-state index contributed by atoms with van der Waals surface area (Å²) in [6, 6.07) is 91.7. The normalized spacial score (nSPS) is 10.5. The number of aromatic nitrogens is 7. The molecule has 0 aliphatic heterocycles. The first kappa shape index (κ1) is 74.3. The maximum absolute atomic E-state index is 13.2. The number of furan rings is 2. The molecular weight excluding hydrogens is 1770 g/mol. The fourth-order valence-corrected chi connectivity index (χ4v) is 10.4. The van der Waals surface area contributed by atoms with Crippen LogP contribution in [0.4, 0.5) is 4.39 Å². The average molecular weight is 1830 g/mol. The van der Waals surface area contributed by atoms with Gasteiger partial charge in [0.15, 0.2) is 5.78 Å². The molecule has 3 radical (unpaired) electrons. The van der Waals surface area contributed by atoms with E-state index in [1.54, 1.807) is 36.9 Å². The monoisotopic (exact) mass is 1830 g/mol. The minimum atomic E-state index is -0.254. The average Bonchev–Trinajstić information content (AvgIpc) is 1.64. The van der Waals surface area contributed by atoms with E-state index in [1.807, 2.05) is 202 Å². The number of benzene rings is 7. The molecule has 9 heterocycles. The van der Waals surface area contributed by atoms with Crippen LogP contribution in [0.15, 0.2) is 282 Å². The summed E-state index contributed by atoms with van der Waals surface area (Å²) >= 11 is 0. The Bertz CT molecular complexity index is 5130. The van der Waals surface area contributed by atoms with Gasteiger partial charge < -0.3 is 33.9 Å². The van der Waals surface area contributed by atoms with Crippen molar-refractivity contribution in [3.05, 3.63) is 332 Å². The van der Waals surface area contributed by atoms with Crippen LogP contribution in [0.1, 0.15) is 36.4 Å². The van der Waals surface area contributed by atoms with E-state index in [0.717, 1.165) is 111 Å². The van der Waals surface area contributed by atoms with Gasteiger partial charge in [-0.25, -0.2) is 14.4 Å². The van der Waals surface area contributed by atoms with Gasteiger partial charge in [0, 0.05) is 119 Å². The summed E-state index contributed by atoms with van der Waals surface area (Å²) in [5.74, 6) is -0.316. The largest absolute Gasteiger partial charge is 0.512 e. The molecule has 497 valence electrons. The molecule has 16 aromatic rings. The second kappa shape index (κ2) is 36.2. The minimum Gasteiger partial charge on any atom is -0.512 e. The predicted molar refractivity (Wildman–Crippen MR) is 382 cm³/mol. The molecular formula is C84H63FIr3N7O4-5. The predicted octanol–water partition coefficient (Wildman–Crippen LogP) is 20.6. The number of carbonyl (C=O) groups excluding carboxylic acids is 1. The topological polar surface area (TPSA) is 154 Å². The van der Waals surface area contributed by atoms with Gasteiger partial charge in [-0.15, -0.1) is 144 Å². The zero-order valence-electron chi connectivity index (χ0n) is 54.6. The van der Waals surface area contributed by atoms with Crippen molar-refractivity contribution in [2.45, 2.75) is 41.5 Å². The minimum absolute atomic E-state index is 0. The Morgan fingerprint density at radius 3 is 1.33 bits per heavy atom. The van der Waals surface area contributed by atoms with Crippen LogP contribution in [0.2, 0.25) is 0 Å². The molecule has 16 rings (SSSR count). The van der Waals surface area contributed by atoms with Crippen LogP contribution in [0.25, 0.3) is 122 Å². The molecule has 11 nitrogen and oxygen atoms in total. The first-order valence-electron chi connectivity index (χ1n) is 30.9. The van der Waals surface area contributed by atoms with E-state index in [-0.39, 0.29) is 77.7 Å². The van der Waals surface area contributed by atoms with Gasteiger partial charge in [0.25, 0.3) is 0 Å². The zero-order valence-corrected chi connectivity index (χ0v) is 61.8. The Hall–Kier alpha value is -10.5. The first-order chi connectivity index (χ1) is 46.8. The second-order valence-electron chi connectivity index (χ2n) is 22.2. The maximum Gasteiger partial charge on any atom is 0.216 e. The van der Waals surface area contributed by atoms with Crippen LogP contribution in [0.3, 0.4) is 0 Å². The van der Waals surface area contributed by atoms with E-state index in [9.17, 15) is 9.18 Å². The van der Waals surface area contributed by atoms with Gasteiger partial charge in [0.05, 0.1) is 22.4 Å². The molecule has 0 aliphatic rings. The number of ketones is 1. The van der Waals surface area contributed by atoms with Gasteiger partial charge in [-0.3, -0.25) is 9.78 Å². The van der Waals surface area contributed by atoms with Crippen molar-refractivity contribution in [2.75, 3.05) is 0 Å². The number of aliphatic hydroxyl groups excluding tert-OH is 1. The van der Waals surface area contributed by atoms with Crippen LogP contribution in [-0.4, -0.2) is 45.8 Å². The van der Waals surface area contributed by atoms with Crippen LogP contribution >= 0.6 is 0 Å². The summed E-state index contributed by atoms with van der Waals surface area (Å²) in [7, 11) is 0. The number of aryl methyl sites for hydroxylation is 4. The van der Waals surface area contributed by atoms with Crippen LogP contribution in [-0.2, 0) is 65.1 Å². The SMILES string of the molecule is CC(=O)C=C(C)O.Cc1ccc2c(C)cc(-c3[c-]cccc3)nc2c1.Cc1ccc2c(n1)oc1c(-c3cc(-c4ccc(F)cc4)ccn3)[c-]ccc12.Cc1ccc2c(n1)oc1c(-c3ccccn3)[c-]ccc12.[Ir].[Ir].[Ir].[c-]1ccccc1-c1ccccn1.[c-]1ccccc1-c1ccccn1. The Morgan fingerprint density at radius 2 is 0.879 bits per heavy atom. The number of rotatable bonds is 7. The molecule has 0 amide bonds. The van der Waals surface area contributed by atoms with E-state index in [2.05, 4.69) is 98.3 Å². The quantitative estimate of drug-likeness (QED) is 0.0921. The molecule has 0 fully saturated rings. The van der Waals surface area contributed by atoms with Gasteiger partial charge in [-0.2, -0.15) is 0 Å². The number of pyridine rings is 7. The number of halogens is 1. The van der Waals surface area contributed by atoms with Gasteiger partial charge >= 0.3 is 0 Å². The number of carbonyl (C=O) groups is 1. The number of nitrogens with zero attached hydrogens (tertiary/aromatic N) is 7. The molecule has 7 aromatic carbocycles. The Morgan fingerprint density at radius 1 is 0.414 bits per heavy atom. The Balaban J connectivity index is 0.000000157. The van der Waals surface area contributed by atoms with Crippen molar-refractivity contribution in [1.82, 2.24) is 34.9 Å². The maximum atomic E-state index is 13.2. The van der Waals surface area contributed by atoms with Crippen molar-refractivity contribution in [1.29, 1.82) is 0 Å². The third-order valence-electron chi connectivity index (χ3n) is 14.9. The van der Waals surface area contributed by atoms with Crippen molar-refractivity contribution in [3.8, 4) is 67.4 Å². The molecule has 1 N–H and O–H groups in total. The van der Waals surface area contributed by atoms with E-state index in [0.29, 0.717) is 17.0 Å². The molecule has 15 heteroatoms. The molecule has 0 atom stereocenters. The number of aliphatic hydroxyl groups is 1. The summed E-state index contributed by atoms with van der Waals surface area (Å²) in [6.07, 6.45) is 8.26. The number of allylic oxidation sites excluding steroid dienone is 2. The van der Waals surface area contributed by atoms with E-state index >= 15 is 0 Å². The summed E-state index contributed by atoms with van der Waals surface area (Å²) in [4.78, 5) is 41.0. The molecule has 0 bridgehead atoms. The number of hydrogen-bond acceptors (Lipinski definition) is 11. The molecule has 99 heavy (non-hydrogen) atoms. The molecule has 0 spiro atoms. The van der Waals surface area contributed by atoms with Crippen molar-refractivity contribution in [2.24, 2.45) is 0 Å². The van der Waals surface area contributed by atoms with E-state index in [4.69, 9.17) is 18.9 Å². The van der Waals surface area contributed by atoms with Crippen molar-refractivity contribution in [3.63, 3.8) is 0 Å². The smallest absolute Gasteiger partial charge is 0.216 e. The van der Waals surface area contributed by atoms with Crippen LogP contribution < -0.4 is 0 Å². The summed E-state index contributed by atoms with van der Waals surface area (Å²) in [5.41, 5.74) is 19.4. The van der Waals surface area contributed by atoms with Gasteiger partial charge in [-0.1, -0.05) is 94.7 Å². The Kier molecular flexibility index (Phi) is 27.2. The first-order valence-corrected chi connectivity index (χ1v) is 30.9. The van der Waals surface area contributed by atoms with Gasteiger partial charge in [0.1, 0.15) is 5.82 Å². The van der Waals surface area contributed by atoms with Crippen LogP contribution in [0, 0.1) is 63.8 Å². The molecule has 0 aliphatic carbocycles. The Labute approximate surface area is 615 Å². The fraction of sp³-hybridized carbons (Fsp3) is 0.0714. The van der Waals surface area contributed by atoms with Crippen molar-refractivity contribution < 1.29 is 83.4 Å². The summed E-state index contributed by atoms with van der Waals surface area (Å²) < 4.78 is 25.2. The van der Waals surface area contributed by atoms with E-state index in [1.165, 1.54) is 48.6 Å².